The molecule has 5 heteroatoms. The summed E-state index contributed by atoms with van der Waals surface area (Å²) in [5, 5.41) is 0.461. The van der Waals surface area contributed by atoms with E-state index in [1.807, 2.05) is 0 Å². The van der Waals surface area contributed by atoms with Crippen molar-refractivity contribution in [1.82, 2.24) is 0 Å². The Labute approximate surface area is 129 Å². The first-order valence-electron chi connectivity index (χ1n) is 5.82. The largest absolute Gasteiger partial charge is 0.496 e. The van der Waals surface area contributed by atoms with E-state index in [4.69, 9.17) is 16.3 Å². The van der Waals surface area contributed by atoms with Gasteiger partial charge in [-0.1, -0.05) is 39.7 Å². The van der Waals surface area contributed by atoms with Crippen LogP contribution in [0.3, 0.4) is 0 Å². The van der Waals surface area contributed by atoms with Crippen molar-refractivity contribution >= 4 is 33.3 Å². The lowest BCUT2D eigenvalue weighted by Crippen LogP contribution is -2.08. The maximum absolute atomic E-state index is 13.8. The highest BCUT2D eigenvalue weighted by molar-refractivity contribution is 9.10. The van der Waals surface area contributed by atoms with E-state index < -0.39 is 5.82 Å². The number of hydrogen-bond donors (Lipinski definition) is 0. The predicted octanol–water partition coefficient (Wildman–Crippen LogP) is 4.68. The molecule has 0 heterocycles. The zero-order valence-electron chi connectivity index (χ0n) is 10.6. The predicted molar refractivity (Wildman–Crippen MR) is 80.1 cm³/mol. The Balaban J connectivity index is 2.33. The van der Waals surface area contributed by atoms with Crippen molar-refractivity contribution in [2.24, 2.45) is 0 Å². The molecule has 2 aromatic carbocycles. The maximum atomic E-state index is 13.8. The molecule has 0 atom stereocenters. The minimum atomic E-state index is -0.595. The summed E-state index contributed by atoms with van der Waals surface area (Å²) >= 11 is 9.36. The van der Waals surface area contributed by atoms with Gasteiger partial charge in [0.05, 0.1) is 12.7 Å². The fourth-order valence-electron chi connectivity index (χ4n) is 1.87. The highest BCUT2D eigenvalue weighted by Crippen LogP contribution is 2.26. The molecule has 2 nitrogen and oxygen atoms in total. The minimum Gasteiger partial charge on any atom is -0.496 e. The van der Waals surface area contributed by atoms with E-state index >= 15 is 0 Å². The Kier molecular flexibility index (Phi) is 4.78. The van der Waals surface area contributed by atoms with Crippen molar-refractivity contribution in [2.75, 3.05) is 7.11 Å². The molecule has 2 rings (SSSR count). The first kappa shape index (κ1) is 15.0. The molecule has 104 valence electrons. The van der Waals surface area contributed by atoms with Crippen LogP contribution in [0.2, 0.25) is 5.02 Å². The molecule has 0 aliphatic heterocycles. The molecule has 0 N–H and O–H groups in total. The summed E-state index contributed by atoms with van der Waals surface area (Å²) in [4.78, 5) is 12.3. The number of rotatable bonds is 4. The molecular formula is C15H11BrClFO2. The molecule has 0 amide bonds. The first-order chi connectivity index (χ1) is 9.52. The summed E-state index contributed by atoms with van der Waals surface area (Å²) in [5.74, 6) is -0.741. The number of ether oxygens (including phenoxy) is 1. The number of hydrogen-bond acceptors (Lipinski definition) is 2. The van der Waals surface area contributed by atoms with Crippen LogP contribution in [-0.4, -0.2) is 12.9 Å². The van der Waals surface area contributed by atoms with Crippen molar-refractivity contribution in [3.63, 3.8) is 0 Å². The van der Waals surface area contributed by atoms with Crippen LogP contribution in [0.1, 0.15) is 15.9 Å². The topological polar surface area (TPSA) is 26.3 Å². The Morgan fingerprint density at radius 2 is 2.10 bits per heavy atom. The number of carbonyl (C=O) groups excluding carboxylic acids is 1. The molecule has 20 heavy (non-hydrogen) atoms. The van der Waals surface area contributed by atoms with Gasteiger partial charge in [-0.25, -0.2) is 4.39 Å². The van der Waals surface area contributed by atoms with Gasteiger partial charge >= 0.3 is 0 Å². The lowest BCUT2D eigenvalue weighted by atomic mass is 10.0. The molecule has 0 aromatic heterocycles. The quantitative estimate of drug-likeness (QED) is 0.743. The zero-order valence-corrected chi connectivity index (χ0v) is 13.0. The summed E-state index contributed by atoms with van der Waals surface area (Å²) in [6.07, 6.45) is 0.0173. The van der Waals surface area contributed by atoms with Gasteiger partial charge in [-0.3, -0.25) is 4.79 Å². The van der Waals surface area contributed by atoms with Gasteiger partial charge in [-0.2, -0.15) is 0 Å². The van der Waals surface area contributed by atoms with Crippen molar-refractivity contribution in [3.05, 3.63) is 62.8 Å². The van der Waals surface area contributed by atoms with Gasteiger partial charge in [0.25, 0.3) is 0 Å². The molecule has 2 aromatic rings. The van der Waals surface area contributed by atoms with Crippen LogP contribution < -0.4 is 4.74 Å². The molecule has 0 radical (unpaired) electrons. The van der Waals surface area contributed by atoms with E-state index in [2.05, 4.69) is 15.9 Å². The molecule has 0 saturated heterocycles. The van der Waals surface area contributed by atoms with Crippen LogP contribution in [0.15, 0.2) is 40.9 Å². The van der Waals surface area contributed by atoms with Gasteiger partial charge in [0.15, 0.2) is 5.78 Å². The van der Waals surface area contributed by atoms with E-state index in [1.54, 1.807) is 24.3 Å². The molecule has 0 unspecified atom stereocenters. The first-order valence-corrected chi connectivity index (χ1v) is 6.99. The number of ketones is 1. The lowest BCUT2D eigenvalue weighted by molar-refractivity contribution is 0.0986. The normalized spacial score (nSPS) is 10.4. The third kappa shape index (κ3) is 3.19. The van der Waals surface area contributed by atoms with Crippen molar-refractivity contribution in [1.29, 1.82) is 0 Å². The van der Waals surface area contributed by atoms with Crippen LogP contribution in [0.5, 0.6) is 5.75 Å². The average molecular weight is 358 g/mol. The monoisotopic (exact) mass is 356 g/mol. The van der Waals surface area contributed by atoms with Gasteiger partial charge in [0, 0.05) is 15.9 Å². The Morgan fingerprint density at radius 3 is 2.75 bits per heavy atom. The van der Waals surface area contributed by atoms with E-state index in [0.717, 1.165) is 4.47 Å². The van der Waals surface area contributed by atoms with Crippen LogP contribution in [0.4, 0.5) is 4.39 Å². The Hall–Kier alpha value is -1.39. The van der Waals surface area contributed by atoms with Crippen LogP contribution in [0, 0.1) is 5.82 Å². The molecule has 0 fully saturated rings. The summed E-state index contributed by atoms with van der Waals surface area (Å²) in [6, 6.07) is 9.50. The van der Waals surface area contributed by atoms with Crippen LogP contribution in [0.25, 0.3) is 0 Å². The lowest BCUT2D eigenvalue weighted by Gasteiger charge is -2.09. The number of methoxy groups -OCH3 is 1. The molecule has 0 bridgehead atoms. The van der Waals surface area contributed by atoms with E-state index in [-0.39, 0.29) is 23.5 Å². The van der Waals surface area contributed by atoms with Crippen molar-refractivity contribution < 1.29 is 13.9 Å². The minimum absolute atomic E-state index is 0.0173. The van der Waals surface area contributed by atoms with E-state index in [0.29, 0.717) is 10.6 Å². The van der Waals surface area contributed by atoms with Crippen LogP contribution in [-0.2, 0) is 6.42 Å². The number of Topliss-reactive ketones (excluding diaryl/α,β-unsaturated/α-hetero) is 1. The fraction of sp³-hybridized carbons (Fsp3) is 0.133. The third-order valence-corrected chi connectivity index (χ3v) is 3.69. The fourth-order valence-corrected chi connectivity index (χ4v) is 2.61. The second-order valence-corrected chi connectivity index (χ2v) is 5.48. The number of halogens is 3. The smallest absolute Gasteiger partial charge is 0.173 e. The SMILES string of the molecule is COc1cccc(F)c1C(=O)Cc1ccc(Br)cc1Cl. The maximum Gasteiger partial charge on any atom is 0.173 e. The summed E-state index contributed by atoms with van der Waals surface area (Å²) in [6.45, 7) is 0. The van der Waals surface area contributed by atoms with Gasteiger partial charge in [-0.05, 0) is 29.8 Å². The summed E-state index contributed by atoms with van der Waals surface area (Å²) in [5.41, 5.74) is 0.596. The average Bonchev–Trinajstić information content (AvgIpc) is 2.41. The Morgan fingerprint density at radius 1 is 1.35 bits per heavy atom. The number of carbonyl (C=O) groups is 1. The second-order valence-electron chi connectivity index (χ2n) is 4.15. The van der Waals surface area contributed by atoms with E-state index in [1.165, 1.54) is 19.2 Å². The molecule has 0 aliphatic carbocycles. The Bertz CT molecular complexity index is 658. The highest BCUT2D eigenvalue weighted by Gasteiger charge is 2.18. The van der Waals surface area contributed by atoms with Gasteiger partial charge in [0.2, 0.25) is 0 Å². The van der Waals surface area contributed by atoms with Gasteiger partial charge in [-0.15, -0.1) is 0 Å². The van der Waals surface area contributed by atoms with E-state index in [9.17, 15) is 9.18 Å². The zero-order chi connectivity index (χ0) is 14.7. The summed E-state index contributed by atoms with van der Waals surface area (Å²) < 4.78 is 19.7. The molecule has 0 spiro atoms. The molecule has 0 aliphatic rings. The summed E-state index contributed by atoms with van der Waals surface area (Å²) in [7, 11) is 1.40. The van der Waals surface area contributed by atoms with Gasteiger partial charge in [0.1, 0.15) is 11.6 Å². The number of benzene rings is 2. The van der Waals surface area contributed by atoms with Crippen molar-refractivity contribution in [2.45, 2.75) is 6.42 Å². The highest BCUT2D eigenvalue weighted by atomic mass is 79.9. The molecule has 0 saturated carbocycles. The molecular weight excluding hydrogens is 347 g/mol. The van der Waals surface area contributed by atoms with Crippen LogP contribution >= 0.6 is 27.5 Å². The third-order valence-electron chi connectivity index (χ3n) is 2.84. The van der Waals surface area contributed by atoms with Crippen molar-refractivity contribution in [3.8, 4) is 5.75 Å². The van der Waals surface area contributed by atoms with Gasteiger partial charge < -0.3 is 4.74 Å². The standard InChI is InChI=1S/C15H11BrClFO2/c1-20-14-4-2-3-12(18)15(14)13(19)7-9-5-6-10(16)8-11(9)17/h2-6,8H,7H2,1H3. The second kappa shape index (κ2) is 6.37.